The highest BCUT2D eigenvalue weighted by molar-refractivity contribution is 6.04. The minimum absolute atomic E-state index is 0.0310. The maximum atomic E-state index is 12.7. The lowest BCUT2D eigenvalue weighted by Gasteiger charge is -2.28. The van der Waals surface area contributed by atoms with Gasteiger partial charge >= 0.3 is 0 Å². The molecule has 2 heterocycles. The quantitative estimate of drug-likeness (QED) is 0.907. The van der Waals surface area contributed by atoms with Gasteiger partial charge in [-0.25, -0.2) is 9.97 Å². The van der Waals surface area contributed by atoms with Crippen molar-refractivity contribution in [3.8, 4) is 0 Å². The molecule has 0 spiro atoms. The Balaban J connectivity index is 1.53. The Hall–Kier alpha value is -1.91. The summed E-state index contributed by atoms with van der Waals surface area (Å²) >= 11 is 0. The minimum atomic E-state index is -0.0310. The molecule has 2 aliphatic carbocycles. The van der Waals surface area contributed by atoms with E-state index in [0.717, 1.165) is 5.69 Å². The van der Waals surface area contributed by atoms with E-state index < -0.39 is 0 Å². The fourth-order valence-corrected chi connectivity index (χ4v) is 3.69. The SMILES string of the molecule is C[C@@H](NC(=O)c1c[nH]c2ncc(C3CC3)nc12)C1CCCCC1. The number of carbonyl (C=O) groups is 1. The number of hydrogen-bond donors (Lipinski definition) is 2. The average molecular weight is 312 g/mol. The van der Waals surface area contributed by atoms with Crippen LogP contribution >= 0.6 is 0 Å². The molecule has 0 unspecified atom stereocenters. The van der Waals surface area contributed by atoms with Gasteiger partial charge in [0.25, 0.3) is 5.91 Å². The zero-order valence-corrected chi connectivity index (χ0v) is 13.6. The number of rotatable bonds is 4. The molecule has 0 saturated heterocycles. The number of carbonyl (C=O) groups excluding carboxylic acids is 1. The standard InChI is InChI=1S/C18H24N4O/c1-11(12-5-3-2-4-6-12)21-18(23)14-9-19-17-16(14)22-15(10-20-17)13-7-8-13/h9-13H,2-8H2,1H3,(H,19,20)(H,21,23)/t11-/m1/s1. The molecule has 2 aromatic rings. The van der Waals surface area contributed by atoms with Gasteiger partial charge in [0.05, 0.1) is 17.5 Å². The van der Waals surface area contributed by atoms with Crippen LogP contribution < -0.4 is 5.32 Å². The fourth-order valence-electron chi connectivity index (χ4n) is 3.69. The van der Waals surface area contributed by atoms with Crippen LogP contribution in [-0.2, 0) is 0 Å². The summed E-state index contributed by atoms with van der Waals surface area (Å²) in [5.74, 6) is 1.11. The molecule has 1 amide bonds. The third kappa shape index (κ3) is 2.96. The average Bonchev–Trinajstić information content (AvgIpc) is 3.34. The monoisotopic (exact) mass is 312 g/mol. The molecule has 2 aromatic heterocycles. The Morgan fingerprint density at radius 1 is 1.26 bits per heavy atom. The highest BCUT2D eigenvalue weighted by Gasteiger charge is 2.27. The first-order valence-electron chi connectivity index (χ1n) is 8.87. The summed E-state index contributed by atoms with van der Waals surface area (Å²) in [7, 11) is 0. The number of nitrogens with zero attached hydrogens (tertiary/aromatic N) is 2. The topological polar surface area (TPSA) is 70.7 Å². The van der Waals surface area contributed by atoms with Crippen molar-refractivity contribution >= 4 is 17.1 Å². The van der Waals surface area contributed by atoms with Crippen LogP contribution in [0.15, 0.2) is 12.4 Å². The van der Waals surface area contributed by atoms with Crippen LogP contribution in [0.25, 0.3) is 11.2 Å². The van der Waals surface area contributed by atoms with E-state index in [2.05, 4.69) is 27.2 Å². The molecular formula is C18H24N4O. The van der Waals surface area contributed by atoms with Gasteiger partial charge in [0.1, 0.15) is 5.52 Å². The predicted molar refractivity (Wildman–Crippen MR) is 89.4 cm³/mol. The van der Waals surface area contributed by atoms with Crippen LogP contribution in [0.1, 0.15) is 73.8 Å². The van der Waals surface area contributed by atoms with Crippen molar-refractivity contribution in [3.05, 3.63) is 23.7 Å². The largest absolute Gasteiger partial charge is 0.349 e. The zero-order chi connectivity index (χ0) is 15.8. The summed E-state index contributed by atoms with van der Waals surface area (Å²) in [6.07, 6.45) is 12.3. The highest BCUT2D eigenvalue weighted by atomic mass is 16.1. The van der Waals surface area contributed by atoms with Crippen molar-refractivity contribution in [2.45, 2.75) is 63.8 Å². The Morgan fingerprint density at radius 3 is 2.78 bits per heavy atom. The molecule has 4 rings (SSSR count). The molecule has 0 radical (unpaired) electrons. The second kappa shape index (κ2) is 5.95. The third-order valence-electron chi connectivity index (χ3n) is 5.36. The number of nitrogens with one attached hydrogen (secondary N) is 2. The van der Waals surface area contributed by atoms with E-state index in [1.165, 1.54) is 44.9 Å². The number of aromatic nitrogens is 3. The minimum Gasteiger partial charge on any atom is -0.349 e. The molecule has 2 N–H and O–H groups in total. The van der Waals surface area contributed by atoms with E-state index in [9.17, 15) is 4.79 Å². The number of fused-ring (bicyclic) bond motifs is 1. The van der Waals surface area contributed by atoms with Crippen molar-refractivity contribution in [2.75, 3.05) is 0 Å². The molecule has 5 heteroatoms. The predicted octanol–water partition coefficient (Wildman–Crippen LogP) is 3.53. The molecule has 5 nitrogen and oxygen atoms in total. The lowest BCUT2D eigenvalue weighted by Crippen LogP contribution is -2.38. The van der Waals surface area contributed by atoms with E-state index >= 15 is 0 Å². The smallest absolute Gasteiger partial charge is 0.255 e. The van der Waals surface area contributed by atoms with E-state index in [1.54, 1.807) is 6.20 Å². The normalized spacial score (nSPS) is 20.6. The zero-order valence-electron chi connectivity index (χ0n) is 13.6. The van der Waals surface area contributed by atoms with Crippen LogP contribution in [0, 0.1) is 5.92 Å². The second-order valence-corrected chi connectivity index (χ2v) is 7.13. The summed E-state index contributed by atoms with van der Waals surface area (Å²) in [5.41, 5.74) is 3.05. The van der Waals surface area contributed by atoms with Crippen molar-refractivity contribution in [3.63, 3.8) is 0 Å². The third-order valence-corrected chi connectivity index (χ3v) is 5.36. The highest BCUT2D eigenvalue weighted by Crippen LogP contribution is 2.39. The Kier molecular flexibility index (Phi) is 3.79. The maximum absolute atomic E-state index is 12.7. The molecule has 0 bridgehead atoms. The van der Waals surface area contributed by atoms with Gasteiger partial charge in [-0.2, -0.15) is 0 Å². The number of aromatic amines is 1. The Morgan fingerprint density at radius 2 is 2.04 bits per heavy atom. The van der Waals surface area contributed by atoms with Gasteiger partial charge in [-0.1, -0.05) is 19.3 Å². The van der Waals surface area contributed by atoms with Gasteiger partial charge in [0.2, 0.25) is 0 Å². The maximum Gasteiger partial charge on any atom is 0.255 e. The molecule has 23 heavy (non-hydrogen) atoms. The van der Waals surface area contributed by atoms with Crippen molar-refractivity contribution in [2.24, 2.45) is 5.92 Å². The molecule has 0 aromatic carbocycles. The van der Waals surface area contributed by atoms with Crippen molar-refractivity contribution < 1.29 is 4.79 Å². The van der Waals surface area contributed by atoms with Crippen LogP contribution in [0.3, 0.4) is 0 Å². The van der Waals surface area contributed by atoms with Gasteiger partial charge in [-0.05, 0) is 38.5 Å². The molecule has 2 saturated carbocycles. The van der Waals surface area contributed by atoms with Crippen LogP contribution in [0.5, 0.6) is 0 Å². The lowest BCUT2D eigenvalue weighted by molar-refractivity contribution is 0.0921. The van der Waals surface area contributed by atoms with Crippen molar-refractivity contribution in [1.82, 2.24) is 20.3 Å². The Bertz CT molecular complexity index is 713. The first-order valence-corrected chi connectivity index (χ1v) is 8.87. The Labute approximate surface area is 136 Å². The lowest BCUT2D eigenvalue weighted by atomic mass is 9.84. The molecule has 1 atom stereocenters. The number of hydrogen-bond acceptors (Lipinski definition) is 3. The first kappa shape index (κ1) is 14.7. The van der Waals surface area contributed by atoms with Crippen LogP contribution in [0.2, 0.25) is 0 Å². The van der Waals surface area contributed by atoms with Gasteiger partial charge in [-0.3, -0.25) is 4.79 Å². The summed E-state index contributed by atoms with van der Waals surface area (Å²) in [6, 6.07) is 0.215. The van der Waals surface area contributed by atoms with Gasteiger partial charge < -0.3 is 10.3 Å². The number of amides is 1. The van der Waals surface area contributed by atoms with E-state index in [0.29, 0.717) is 28.6 Å². The van der Waals surface area contributed by atoms with Gasteiger partial charge in [0.15, 0.2) is 5.65 Å². The van der Waals surface area contributed by atoms with Crippen LogP contribution in [0.4, 0.5) is 0 Å². The first-order chi connectivity index (χ1) is 11.2. The van der Waals surface area contributed by atoms with Crippen molar-refractivity contribution in [1.29, 1.82) is 0 Å². The fraction of sp³-hybridized carbons (Fsp3) is 0.611. The summed E-state index contributed by atoms with van der Waals surface area (Å²) in [4.78, 5) is 24.8. The summed E-state index contributed by atoms with van der Waals surface area (Å²) < 4.78 is 0. The molecular weight excluding hydrogens is 288 g/mol. The van der Waals surface area contributed by atoms with Crippen LogP contribution in [-0.4, -0.2) is 26.9 Å². The second-order valence-electron chi connectivity index (χ2n) is 7.13. The number of H-pyrrole nitrogens is 1. The molecule has 2 aliphatic rings. The molecule has 2 fully saturated rings. The molecule has 0 aliphatic heterocycles. The van der Waals surface area contributed by atoms with E-state index in [-0.39, 0.29) is 11.9 Å². The van der Waals surface area contributed by atoms with E-state index in [4.69, 9.17) is 0 Å². The van der Waals surface area contributed by atoms with Gasteiger partial charge in [-0.15, -0.1) is 0 Å². The molecule has 122 valence electrons. The van der Waals surface area contributed by atoms with E-state index in [1.807, 2.05) is 6.20 Å². The summed E-state index contributed by atoms with van der Waals surface area (Å²) in [6.45, 7) is 2.13. The van der Waals surface area contributed by atoms with Gasteiger partial charge in [0, 0.05) is 18.2 Å². The summed E-state index contributed by atoms with van der Waals surface area (Å²) in [5, 5.41) is 3.18.